The van der Waals surface area contributed by atoms with E-state index in [-0.39, 0.29) is 0 Å². The van der Waals surface area contributed by atoms with Gasteiger partial charge in [-0.15, -0.1) is 11.3 Å². The lowest BCUT2D eigenvalue weighted by Crippen LogP contribution is -1.81. The van der Waals surface area contributed by atoms with Crippen LogP contribution in [0.2, 0.25) is 0 Å². The van der Waals surface area contributed by atoms with Gasteiger partial charge in [-0.25, -0.2) is 4.98 Å². The second kappa shape index (κ2) is 4.63. The van der Waals surface area contributed by atoms with Crippen LogP contribution in [0, 0.1) is 0 Å². The van der Waals surface area contributed by atoms with Crippen molar-refractivity contribution in [3.05, 3.63) is 59.1 Å². The molecule has 0 saturated heterocycles. The highest BCUT2D eigenvalue weighted by Gasteiger charge is 2.00. The molecule has 1 heterocycles. The van der Waals surface area contributed by atoms with Crippen LogP contribution in [0.25, 0.3) is 22.4 Å². The Hall–Kier alpha value is -2.13. The average Bonchev–Trinajstić information content (AvgIpc) is 2.79. The van der Waals surface area contributed by atoms with Crippen molar-refractivity contribution in [3.8, 4) is 0 Å². The number of nitrogen functional groups attached to an aromatic ring is 1. The van der Waals surface area contributed by atoms with E-state index in [1.165, 1.54) is 5.56 Å². The molecule has 0 atom stereocenters. The standard InChI is InChI=1S/C15H12N2S/c16-12-7-8-13-14(10-12)18-15(17-13)9-6-11-4-2-1-3-5-11/h1-10H,16H2/b9-6+. The zero-order valence-corrected chi connectivity index (χ0v) is 10.5. The van der Waals surface area contributed by atoms with Crippen LogP contribution >= 0.6 is 11.3 Å². The van der Waals surface area contributed by atoms with Crippen molar-refractivity contribution in [1.29, 1.82) is 0 Å². The Bertz CT molecular complexity index is 699. The molecule has 0 aliphatic carbocycles. The lowest BCUT2D eigenvalue weighted by atomic mass is 10.2. The first kappa shape index (κ1) is 11.0. The maximum absolute atomic E-state index is 5.76. The zero-order valence-electron chi connectivity index (χ0n) is 9.71. The summed E-state index contributed by atoms with van der Waals surface area (Å²) in [5.74, 6) is 0. The maximum atomic E-state index is 5.76. The first-order valence-corrected chi connectivity index (χ1v) is 6.52. The minimum atomic E-state index is 0.782. The predicted octanol–water partition coefficient (Wildman–Crippen LogP) is 4.05. The SMILES string of the molecule is Nc1ccc2nc(/C=C/c3ccccc3)sc2c1. The molecule has 18 heavy (non-hydrogen) atoms. The molecule has 2 aromatic carbocycles. The smallest absolute Gasteiger partial charge is 0.117 e. The molecule has 0 bridgehead atoms. The number of nitrogens with two attached hydrogens (primary N) is 1. The molecule has 2 N–H and O–H groups in total. The molecule has 88 valence electrons. The van der Waals surface area contributed by atoms with Gasteiger partial charge in [-0.3, -0.25) is 0 Å². The van der Waals surface area contributed by atoms with Gasteiger partial charge in [0.05, 0.1) is 10.2 Å². The second-order valence-electron chi connectivity index (χ2n) is 4.02. The highest BCUT2D eigenvalue weighted by molar-refractivity contribution is 7.19. The van der Waals surface area contributed by atoms with E-state index in [4.69, 9.17) is 5.73 Å². The number of benzene rings is 2. The van der Waals surface area contributed by atoms with E-state index < -0.39 is 0 Å². The molecule has 0 amide bonds. The van der Waals surface area contributed by atoms with Crippen LogP contribution in [0.4, 0.5) is 5.69 Å². The third kappa shape index (κ3) is 2.26. The normalized spacial score (nSPS) is 11.3. The zero-order chi connectivity index (χ0) is 12.4. The van der Waals surface area contributed by atoms with Gasteiger partial charge in [-0.2, -0.15) is 0 Å². The fraction of sp³-hybridized carbons (Fsp3) is 0. The summed E-state index contributed by atoms with van der Waals surface area (Å²) in [4.78, 5) is 4.55. The molecule has 0 aliphatic heterocycles. The number of thiazole rings is 1. The molecule has 1 aromatic heterocycles. The number of aromatic nitrogens is 1. The Labute approximate surface area is 109 Å². The fourth-order valence-electron chi connectivity index (χ4n) is 1.76. The van der Waals surface area contributed by atoms with Gasteiger partial charge in [0.1, 0.15) is 5.01 Å². The molecule has 2 nitrogen and oxygen atoms in total. The van der Waals surface area contributed by atoms with Crippen LogP contribution in [-0.4, -0.2) is 4.98 Å². The van der Waals surface area contributed by atoms with Crippen LogP contribution < -0.4 is 5.73 Å². The van der Waals surface area contributed by atoms with E-state index >= 15 is 0 Å². The van der Waals surface area contributed by atoms with Crippen molar-refractivity contribution in [1.82, 2.24) is 4.98 Å². The Morgan fingerprint density at radius 2 is 1.83 bits per heavy atom. The molecular formula is C15H12N2S. The van der Waals surface area contributed by atoms with Gasteiger partial charge < -0.3 is 5.73 Å². The molecule has 0 saturated carbocycles. The van der Waals surface area contributed by atoms with Crippen LogP contribution in [0.15, 0.2) is 48.5 Å². The Balaban J connectivity index is 1.93. The Morgan fingerprint density at radius 3 is 2.67 bits per heavy atom. The van der Waals surface area contributed by atoms with Crippen molar-refractivity contribution in [2.45, 2.75) is 0 Å². The quantitative estimate of drug-likeness (QED) is 0.699. The number of hydrogen-bond donors (Lipinski definition) is 1. The number of fused-ring (bicyclic) bond motifs is 1. The number of anilines is 1. The van der Waals surface area contributed by atoms with Gasteiger partial charge in [0, 0.05) is 5.69 Å². The van der Waals surface area contributed by atoms with E-state index in [2.05, 4.69) is 23.2 Å². The van der Waals surface area contributed by atoms with Crippen molar-refractivity contribution >= 4 is 39.4 Å². The number of nitrogens with zero attached hydrogens (tertiary/aromatic N) is 1. The minimum Gasteiger partial charge on any atom is -0.399 e. The van der Waals surface area contributed by atoms with Gasteiger partial charge in [0.2, 0.25) is 0 Å². The van der Waals surface area contributed by atoms with E-state index in [1.54, 1.807) is 11.3 Å². The summed E-state index contributed by atoms with van der Waals surface area (Å²) < 4.78 is 1.13. The van der Waals surface area contributed by atoms with Crippen molar-refractivity contribution in [3.63, 3.8) is 0 Å². The maximum Gasteiger partial charge on any atom is 0.117 e. The topological polar surface area (TPSA) is 38.9 Å². The highest BCUT2D eigenvalue weighted by Crippen LogP contribution is 2.25. The lowest BCUT2D eigenvalue weighted by molar-refractivity contribution is 1.46. The summed E-state index contributed by atoms with van der Waals surface area (Å²) in [5.41, 5.74) is 8.72. The second-order valence-corrected chi connectivity index (χ2v) is 5.09. The third-order valence-electron chi connectivity index (χ3n) is 2.65. The summed E-state index contributed by atoms with van der Waals surface area (Å²) >= 11 is 1.65. The number of hydrogen-bond acceptors (Lipinski definition) is 3. The van der Waals surface area contributed by atoms with Crippen LogP contribution in [0.1, 0.15) is 10.6 Å². The van der Waals surface area contributed by atoms with E-state index in [1.807, 2.05) is 42.5 Å². The van der Waals surface area contributed by atoms with Crippen molar-refractivity contribution in [2.24, 2.45) is 0 Å². The van der Waals surface area contributed by atoms with Gasteiger partial charge >= 0.3 is 0 Å². The average molecular weight is 252 g/mol. The third-order valence-corrected chi connectivity index (χ3v) is 3.63. The van der Waals surface area contributed by atoms with Gasteiger partial charge in [0.15, 0.2) is 0 Å². The fourth-order valence-corrected chi connectivity index (χ4v) is 2.68. The van der Waals surface area contributed by atoms with Crippen molar-refractivity contribution < 1.29 is 0 Å². The first-order valence-electron chi connectivity index (χ1n) is 5.70. The predicted molar refractivity (Wildman–Crippen MR) is 79.4 cm³/mol. The Kier molecular flexibility index (Phi) is 2.82. The van der Waals surface area contributed by atoms with E-state index in [9.17, 15) is 0 Å². The van der Waals surface area contributed by atoms with Crippen LogP contribution in [0.5, 0.6) is 0 Å². The van der Waals surface area contributed by atoms with Crippen LogP contribution in [0.3, 0.4) is 0 Å². The summed E-state index contributed by atoms with van der Waals surface area (Å²) in [6, 6.07) is 16.0. The molecule has 0 fully saturated rings. The number of rotatable bonds is 2. The lowest BCUT2D eigenvalue weighted by Gasteiger charge is -1.89. The summed E-state index contributed by atoms with van der Waals surface area (Å²) in [7, 11) is 0. The first-order chi connectivity index (χ1) is 8.81. The highest BCUT2D eigenvalue weighted by atomic mass is 32.1. The Morgan fingerprint density at radius 1 is 1.00 bits per heavy atom. The molecule has 0 aliphatic rings. The molecule has 3 aromatic rings. The largest absolute Gasteiger partial charge is 0.399 e. The van der Waals surface area contributed by atoms with E-state index in [0.29, 0.717) is 0 Å². The van der Waals surface area contributed by atoms with Gasteiger partial charge in [-0.05, 0) is 29.8 Å². The summed E-state index contributed by atoms with van der Waals surface area (Å²) in [6.07, 6.45) is 4.11. The van der Waals surface area contributed by atoms with Crippen molar-refractivity contribution in [2.75, 3.05) is 5.73 Å². The summed E-state index contributed by atoms with van der Waals surface area (Å²) in [5, 5.41) is 0.999. The molecule has 3 rings (SSSR count). The molecule has 0 radical (unpaired) electrons. The minimum absolute atomic E-state index is 0.782. The van der Waals surface area contributed by atoms with Gasteiger partial charge in [0.25, 0.3) is 0 Å². The van der Waals surface area contributed by atoms with E-state index in [0.717, 1.165) is 20.9 Å². The van der Waals surface area contributed by atoms with Gasteiger partial charge in [-0.1, -0.05) is 36.4 Å². The van der Waals surface area contributed by atoms with Crippen LogP contribution in [-0.2, 0) is 0 Å². The monoisotopic (exact) mass is 252 g/mol. The molecule has 0 spiro atoms. The summed E-state index contributed by atoms with van der Waals surface area (Å²) in [6.45, 7) is 0. The molecule has 3 heteroatoms. The molecule has 0 unspecified atom stereocenters. The molecular weight excluding hydrogens is 240 g/mol.